The van der Waals surface area contributed by atoms with E-state index in [4.69, 9.17) is 4.42 Å². The van der Waals surface area contributed by atoms with Crippen LogP contribution in [0.3, 0.4) is 0 Å². The lowest BCUT2D eigenvalue weighted by atomic mass is 10.3. The predicted molar refractivity (Wildman–Crippen MR) is 68.1 cm³/mol. The Morgan fingerprint density at radius 2 is 2.17 bits per heavy atom. The van der Waals surface area contributed by atoms with Gasteiger partial charge < -0.3 is 15.1 Å². The van der Waals surface area contributed by atoms with E-state index in [2.05, 4.69) is 10.6 Å². The summed E-state index contributed by atoms with van der Waals surface area (Å²) in [6, 6.07) is 3.22. The van der Waals surface area contributed by atoms with Crippen molar-refractivity contribution in [2.75, 3.05) is 13.1 Å². The van der Waals surface area contributed by atoms with E-state index in [1.807, 2.05) is 19.1 Å². The summed E-state index contributed by atoms with van der Waals surface area (Å²) in [6.07, 6.45) is 6.45. The number of allylic oxidation sites excluding steroid dienone is 1. The van der Waals surface area contributed by atoms with Gasteiger partial charge in [0.05, 0.1) is 6.26 Å². The highest BCUT2D eigenvalue weighted by Crippen LogP contribution is 1.98. The Morgan fingerprint density at radius 1 is 1.33 bits per heavy atom. The Bertz CT molecular complexity index is 396. The Labute approximate surface area is 106 Å². The average molecular weight is 250 g/mol. The molecule has 5 nitrogen and oxygen atoms in total. The maximum Gasteiger partial charge on any atom is 0.286 e. The number of carbonyl (C=O) groups excluding carboxylic acids is 2. The minimum absolute atomic E-state index is 0.0701. The van der Waals surface area contributed by atoms with E-state index in [1.165, 1.54) is 6.26 Å². The molecule has 0 bridgehead atoms. The van der Waals surface area contributed by atoms with E-state index < -0.39 is 0 Å². The van der Waals surface area contributed by atoms with Crippen LogP contribution in [0, 0.1) is 0 Å². The van der Waals surface area contributed by atoms with Crippen molar-refractivity contribution in [1.29, 1.82) is 0 Å². The fraction of sp³-hybridized carbons (Fsp3) is 0.385. The molecule has 98 valence electrons. The maximum atomic E-state index is 11.4. The molecular weight excluding hydrogens is 232 g/mol. The van der Waals surface area contributed by atoms with Crippen LogP contribution < -0.4 is 10.6 Å². The summed E-state index contributed by atoms with van der Waals surface area (Å²) in [5, 5.41) is 5.37. The quantitative estimate of drug-likeness (QED) is 0.569. The molecule has 1 rings (SSSR count). The summed E-state index contributed by atoms with van der Waals surface area (Å²) in [5.74, 6) is -0.121. The molecule has 2 amide bonds. The van der Waals surface area contributed by atoms with Crippen molar-refractivity contribution in [1.82, 2.24) is 10.6 Å². The summed E-state index contributed by atoms with van der Waals surface area (Å²) >= 11 is 0. The number of furan rings is 1. The summed E-state index contributed by atoms with van der Waals surface area (Å²) in [4.78, 5) is 22.8. The predicted octanol–water partition coefficient (Wildman–Crippen LogP) is 1.48. The van der Waals surface area contributed by atoms with Gasteiger partial charge in [0.1, 0.15) is 0 Å². The van der Waals surface area contributed by atoms with Crippen molar-refractivity contribution in [3.63, 3.8) is 0 Å². The van der Waals surface area contributed by atoms with E-state index >= 15 is 0 Å². The molecule has 0 aliphatic carbocycles. The van der Waals surface area contributed by atoms with Gasteiger partial charge in [-0.15, -0.1) is 0 Å². The van der Waals surface area contributed by atoms with Gasteiger partial charge in [-0.3, -0.25) is 9.59 Å². The van der Waals surface area contributed by atoms with Crippen LogP contribution in [0.1, 0.15) is 30.3 Å². The Morgan fingerprint density at radius 3 is 2.83 bits per heavy atom. The Balaban J connectivity index is 2.10. The minimum Gasteiger partial charge on any atom is -0.459 e. The first-order valence-corrected chi connectivity index (χ1v) is 5.93. The van der Waals surface area contributed by atoms with Gasteiger partial charge >= 0.3 is 0 Å². The molecule has 5 heteroatoms. The third-order valence-corrected chi connectivity index (χ3v) is 2.25. The zero-order valence-electron chi connectivity index (χ0n) is 10.4. The van der Waals surface area contributed by atoms with E-state index in [0.29, 0.717) is 13.1 Å². The first kappa shape index (κ1) is 14.0. The van der Waals surface area contributed by atoms with Gasteiger partial charge in [0.15, 0.2) is 5.76 Å². The van der Waals surface area contributed by atoms with E-state index in [0.717, 1.165) is 6.42 Å². The van der Waals surface area contributed by atoms with Gasteiger partial charge in [-0.05, 0) is 25.5 Å². The molecule has 0 aromatic carbocycles. The molecule has 0 radical (unpaired) electrons. The van der Waals surface area contributed by atoms with Crippen LogP contribution >= 0.6 is 0 Å². The largest absolute Gasteiger partial charge is 0.459 e. The molecule has 0 saturated heterocycles. The lowest BCUT2D eigenvalue weighted by molar-refractivity contribution is -0.120. The second-order valence-corrected chi connectivity index (χ2v) is 3.69. The lowest BCUT2D eigenvalue weighted by Crippen LogP contribution is -2.30. The molecule has 0 saturated carbocycles. The van der Waals surface area contributed by atoms with Crippen LogP contribution in [-0.2, 0) is 4.79 Å². The molecule has 0 aliphatic heterocycles. The number of nitrogens with one attached hydrogen (secondary N) is 2. The van der Waals surface area contributed by atoms with Crippen LogP contribution in [0.25, 0.3) is 0 Å². The fourth-order valence-electron chi connectivity index (χ4n) is 1.33. The first-order chi connectivity index (χ1) is 8.74. The summed E-state index contributed by atoms with van der Waals surface area (Å²) in [7, 11) is 0. The molecular formula is C13H18N2O3. The van der Waals surface area contributed by atoms with Crippen molar-refractivity contribution in [2.45, 2.75) is 19.8 Å². The van der Waals surface area contributed by atoms with E-state index in [9.17, 15) is 9.59 Å². The average Bonchev–Trinajstić information content (AvgIpc) is 2.88. The third kappa shape index (κ3) is 5.34. The summed E-state index contributed by atoms with van der Waals surface area (Å²) in [6.45, 7) is 2.86. The zero-order chi connectivity index (χ0) is 13.2. The van der Waals surface area contributed by atoms with Crippen molar-refractivity contribution in [3.05, 3.63) is 36.3 Å². The molecule has 0 aliphatic rings. The van der Waals surface area contributed by atoms with Crippen LogP contribution in [-0.4, -0.2) is 24.9 Å². The highest BCUT2D eigenvalue weighted by molar-refractivity contribution is 5.91. The van der Waals surface area contributed by atoms with Gasteiger partial charge in [-0.25, -0.2) is 0 Å². The van der Waals surface area contributed by atoms with Crippen LogP contribution in [0.5, 0.6) is 0 Å². The van der Waals surface area contributed by atoms with Gasteiger partial charge in [-0.1, -0.05) is 12.2 Å². The van der Waals surface area contributed by atoms with Crippen LogP contribution in [0.2, 0.25) is 0 Å². The van der Waals surface area contributed by atoms with Gasteiger partial charge in [0.25, 0.3) is 5.91 Å². The molecule has 1 heterocycles. The van der Waals surface area contributed by atoms with E-state index in [-0.39, 0.29) is 24.0 Å². The van der Waals surface area contributed by atoms with Crippen LogP contribution in [0.4, 0.5) is 0 Å². The molecule has 0 fully saturated rings. The van der Waals surface area contributed by atoms with E-state index in [1.54, 1.807) is 12.1 Å². The number of hydrogen-bond acceptors (Lipinski definition) is 3. The fourth-order valence-corrected chi connectivity index (χ4v) is 1.33. The number of hydrogen-bond donors (Lipinski definition) is 2. The number of carbonyl (C=O) groups is 2. The molecule has 2 N–H and O–H groups in total. The Hall–Kier alpha value is -2.04. The van der Waals surface area contributed by atoms with Crippen molar-refractivity contribution in [2.24, 2.45) is 0 Å². The molecule has 1 aromatic heterocycles. The first-order valence-electron chi connectivity index (χ1n) is 5.93. The second kappa shape index (κ2) is 8.11. The molecule has 1 aromatic rings. The standard InChI is InChI=1S/C13H18N2O3/c1-2-3-4-8-14-12(16)7-9-15-13(17)11-6-5-10-18-11/h2-3,5-6,10H,4,7-9H2,1H3,(H,14,16)(H,15,17)/b3-2+. The summed E-state index contributed by atoms with van der Waals surface area (Å²) in [5.41, 5.74) is 0. The normalized spacial score (nSPS) is 10.5. The highest BCUT2D eigenvalue weighted by atomic mass is 16.3. The smallest absolute Gasteiger partial charge is 0.286 e. The highest BCUT2D eigenvalue weighted by Gasteiger charge is 2.08. The van der Waals surface area contributed by atoms with Crippen molar-refractivity contribution in [3.8, 4) is 0 Å². The number of amides is 2. The minimum atomic E-state index is -0.304. The SMILES string of the molecule is C/C=C/CCNC(=O)CCNC(=O)c1ccco1. The van der Waals surface area contributed by atoms with Crippen molar-refractivity contribution >= 4 is 11.8 Å². The second-order valence-electron chi connectivity index (χ2n) is 3.69. The summed E-state index contributed by atoms with van der Waals surface area (Å²) < 4.78 is 4.92. The molecule has 0 atom stereocenters. The molecule has 0 unspecified atom stereocenters. The monoisotopic (exact) mass is 250 g/mol. The Kier molecular flexibility index (Phi) is 6.32. The van der Waals surface area contributed by atoms with Gasteiger partial charge in [0, 0.05) is 19.5 Å². The zero-order valence-corrected chi connectivity index (χ0v) is 10.4. The van der Waals surface area contributed by atoms with Gasteiger partial charge in [0.2, 0.25) is 5.91 Å². The van der Waals surface area contributed by atoms with Gasteiger partial charge in [-0.2, -0.15) is 0 Å². The van der Waals surface area contributed by atoms with Crippen molar-refractivity contribution < 1.29 is 14.0 Å². The molecule has 18 heavy (non-hydrogen) atoms. The maximum absolute atomic E-state index is 11.4. The van der Waals surface area contributed by atoms with Crippen LogP contribution in [0.15, 0.2) is 35.0 Å². The third-order valence-electron chi connectivity index (χ3n) is 2.25. The molecule has 0 spiro atoms. The number of rotatable bonds is 7. The lowest BCUT2D eigenvalue weighted by Gasteiger charge is -2.04. The topological polar surface area (TPSA) is 71.3 Å².